The number of rotatable bonds is 8. The zero-order valence-electron chi connectivity index (χ0n) is 20.7. The SMILES string of the molecule is COC(=O)c1cc(Oc2ccc(NC3=NCC(Nc4ccon4)C(=O)N3Cc3ccc(Cl)cc3)cc2)ccn1. The fraction of sp³-hybridized carbons (Fsp3) is 0.148. The first-order valence-electron chi connectivity index (χ1n) is 11.8. The number of ether oxygens (including phenoxy) is 2. The standard InChI is InChI=1S/C27H23ClN6O5/c1-37-26(36)22-14-21(10-12-29-22)39-20-8-6-19(7-9-20)31-27-30-15-23(32-24-11-13-38-33-24)25(35)34(27)16-17-2-4-18(28)5-3-17/h2-14,23H,15-16H2,1H3,(H,30,31)(H,32,33). The largest absolute Gasteiger partial charge is 0.464 e. The smallest absolute Gasteiger partial charge is 0.356 e. The Kier molecular flexibility index (Phi) is 7.69. The molecule has 12 heteroatoms. The topological polar surface area (TPSA) is 131 Å². The molecule has 0 spiro atoms. The molecule has 1 amide bonds. The van der Waals surface area contributed by atoms with Gasteiger partial charge in [-0.3, -0.25) is 9.69 Å². The monoisotopic (exact) mass is 546 g/mol. The lowest BCUT2D eigenvalue weighted by atomic mass is 10.1. The molecule has 0 saturated carbocycles. The summed E-state index contributed by atoms with van der Waals surface area (Å²) in [5.41, 5.74) is 1.73. The van der Waals surface area contributed by atoms with E-state index in [1.165, 1.54) is 25.6 Å². The minimum Gasteiger partial charge on any atom is -0.464 e. The lowest BCUT2D eigenvalue weighted by Gasteiger charge is -2.32. The maximum Gasteiger partial charge on any atom is 0.356 e. The van der Waals surface area contributed by atoms with Crippen LogP contribution in [0.4, 0.5) is 11.5 Å². The Morgan fingerprint density at radius 2 is 1.90 bits per heavy atom. The second-order valence-electron chi connectivity index (χ2n) is 8.42. The highest BCUT2D eigenvalue weighted by molar-refractivity contribution is 6.30. The number of halogens is 1. The van der Waals surface area contributed by atoms with Crippen LogP contribution in [0.15, 0.2) is 88.7 Å². The molecule has 11 nitrogen and oxygen atoms in total. The predicted molar refractivity (Wildman–Crippen MR) is 144 cm³/mol. The molecule has 3 heterocycles. The van der Waals surface area contributed by atoms with Crippen molar-refractivity contribution < 1.29 is 23.6 Å². The number of guanidine groups is 1. The number of carbonyl (C=O) groups is 2. The van der Waals surface area contributed by atoms with Crippen LogP contribution in [0.1, 0.15) is 16.1 Å². The number of benzene rings is 2. The quantitative estimate of drug-likeness (QED) is 0.304. The van der Waals surface area contributed by atoms with Gasteiger partial charge in [0, 0.05) is 29.0 Å². The number of anilines is 2. The Morgan fingerprint density at radius 3 is 2.62 bits per heavy atom. The summed E-state index contributed by atoms with van der Waals surface area (Å²) in [5.74, 6) is 1.11. The van der Waals surface area contributed by atoms with Crippen molar-refractivity contribution in [3.05, 3.63) is 95.5 Å². The van der Waals surface area contributed by atoms with Crippen molar-refractivity contribution in [1.82, 2.24) is 15.0 Å². The normalized spacial score (nSPS) is 14.9. The van der Waals surface area contributed by atoms with Crippen LogP contribution in [0.5, 0.6) is 11.5 Å². The maximum absolute atomic E-state index is 13.5. The van der Waals surface area contributed by atoms with Gasteiger partial charge in [0.05, 0.1) is 20.2 Å². The summed E-state index contributed by atoms with van der Waals surface area (Å²) >= 11 is 6.04. The minimum absolute atomic E-state index is 0.144. The first-order chi connectivity index (χ1) is 19.0. The summed E-state index contributed by atoms with van der Waals surface area (Å²) in [7, 11) is 1.29. The van der Waals surface area contributed by atoms with E-state index in [1.54, 1.807) is 53.4 Å². The molecule has 0 aliphatic carbocycles. The van der Waals surface area contributed by atoms with Gasteiger partial charge in [-0.25, -0.2) is 14.8 Å². The molecule has 1 atom stereocenters. The fourth-order valence-corrected chi connectivity index (χ4v) is 3.93. The number of nitrogens with zero attached hydrogens (tertiary/aromatic N) is 4. The van der Waals surface area contributed by atoms with Gasteiger partial charge in [0.2, 0.25) is 5.96 Å². The van der Waals surface area contributed by atoms with Crippen LogP contribution >= 0.6 is 11.6 Å². The van der Waals surface area contributed by atoms with E-state index < -0.39 is 12.0 Å². The maximum atomic E-state index is 13.5. The Bertz CT molecular complexity index is 1480. The van der Waals surface area contributed by atoms with Crippen molar-refractivity contribution in [3.63, 3.8) is 0 Å². The molecular formula is C27H23ClN6O5. The number of aliphatic imine (C=N–C) groups is 1. The molecule has 1 aliphatic heterocycles. The molecule has 0 saturated heterocycles. The van der Waals surface area contributed by atoms with Crippen molar-refractivity contribution in [2.45, 2.75) is 12.6 Å². The number of aromatic nitrogens is 2. The molecule has 4 aromatic rings. The molecule has 198 valence electrons. The Hall–Kier alpha value is -4.90. The van der Waals surface area contributed by atoms with Crippen molar-refractivity contribution in [3.8, 4) is 11.5 Å². The van der Waals surface area contributed by atoms with Gasteiger partial charge in [0.25, 0.3) is 5.91 Å². The van der Waals surface area contributed by atoms with Gasteiger partial charge in [-0.05, 0) is 48.0 Å². The number of methoxy groups -OCH3 is 1. The third kappa shape index (κ3) is 6.33. The van der Waals surface area contributed by atoms with E-state index in [4.69, 9.17) is 25.6 Å². The van der Waals surface area contributed by atoms with Crippen LogP contribution in [0.25, 0.3) is 0 Å². The van der Waals surface area contributed by atoms with Gasteiger partial charge in [-0.2, -0.15) is 0 Å². The number of amides is 1. The van der Waals surface area contributed by atoms with Crippen molar-refractivity contribution in [1.29, 1.82) is 0 Å². The van der Waals surface area contributed by atoms with Crippen molar-refractivity contribution in [2.75, 3.05) is 24.3 Å². The molecule has 5 rings (SSSR count). The second-order valence-corrected chi connectivity index (χ2v) is 8.85. The molecular weight excluding hydrogens is 524 g/mol. The number of hydrogen-bond donors (Lipinski definition) is 2. The Labute approximate surface area is 228 Å². The highest BCUT2D eigenvalue weighted by Gasteiger charge is 2.32. The average molecular weight is 547 g/mol. The number of carbonyl (C=O) groups excluding carboxylic acids is 2. The summed E-state index contributed by atoms with van der Waals surface area (Å²) < 4.78 is 15.4. The summed E-state index contributed by atoms with van der Waals surface area (Å²) in [6.45, 7) is 0.488. The van der Waals surface area contributed by atoms with E-state index in [0.717, 1.165) is 5.56 Å². The zero-order valence-corrected chi connectivity index (χ0v) is 21.5. The van der Waals surface area contributed by atoms with Crippen LogP contribution in [0.2, 0.25) is 5.02 Å². The average Bonchev–Trinajstić information content (AvgIpc) is 3.47. The Morgan fingerprint density at radius 1 is 1.10 bits per heavy atom. The first kappa shape index (κ1) is 25.7. The number of esters is 1. The molecule has 0 fully saturated rings. The van der Waals surface area contributed by atoms with E-state index >= 15 is 0 Å². The van der Waals surface area contributed by atoms with Gasteiger partial charge in [-0.15, -0.1) is 0 Å². The van der Waals surface area contributed by atoms with Crippen LogP contribution in [0.3, 0.4) is 0 Å². The lowest BCUT2D eigenvalue weighted by molar-refractivity contribution is -0.129. The van der Waals surface area contributed by atoms with E-state index in [-0.39, 0.29) is 24.7 Å². The molecule has 2 N–H and O–H groups in total. The number of hydrogen-bond acceptors (Lipinski definition) is 10. The van der Waals surface area contributed by atoms with Crippen LogP contribution in [-0.4, -0.2) is 52.6 Å². The van der Waals surface area contributed by atoms with Gasteiger partial charge in [0.1, 0.15) is 23.8 Å². The molecule has 2 aromatic heterocycles. The highest BCUT2D eigenvalue weighted by Crippen LogP contribution is 2.24. The van der Waals surface area contributed by atoms with Gasteiger partial charge in [-0.1, -0.05) is 28.9 Å². The van der Waals surface area contributed by atoms with E-state index in [2.05, 4.69) is 25.8 Å². The molecule has 0 bridgehead atoms. The first-order valence-corrected chi connectivity index (χ1v) is 12.2. The van der Waals surface area contributed by atoms with E-state index in [0.29, 0.717) is 34.0 Å². The fourth-order valence-electron chi connectivity index (χ4n) is 3.80. The van der Waals surface area contributed by atoms with Crippen molar-refractivity contribution >= 4 is 40.9 Å². The summed E-state index contributed by atoms with van der Waals surface area (Å²) in [6.07, 6.45) is 2.90. The lowest BCUT2D eigenvalue weighted by Crippen LogP contribution is -2.53. The minimum atomic E-state index is -0.612. The third-order valence-electron chi connectivity index (χ3n) is 5.73. The molecule has 1 aliphatic rings. The third-order valence-corrected chi connectivity index (χ3v) is 5.98. The summed E-state index contributed by atoms with van der Waals surface area (Å²) in [4.78, 5) is 35.4. The number of pyridine rings is 1. The number of nitrogens with one attached hydrogen (secondary N) is 2. The van der Waals surface area contributed by atoms with Crippen LogP contribution in [0, 0.1) is 0 Å². The second kappa shape index (κ2) is 11.7. The van der Waals surface area contributed by atoms with Gasteiger partial charge in [0.15, 0.2) is 11.5 Å². The van der Waals surface area contributed by atoms with E-state index in [9.17, 15) is 9.59 Å². The summed E-state index contributed by atoms with van der Waals surface area (Å²) in [5, 5.41) is 10.7. The molecule has 39 heavy (non-hydrogen) atoms. The molecule has 0 radical (unpaired) electrons. The highest BCUT2D eigenvalue weighted by atomic mass is 35.5. The predicted octanol–water partition coefficient (Wildman–Crippen LogP) is 4.59. The molecule has 2 aromatic carbocycles. The van der Waals surface area contributed by atoms with E-state index in [1.807, 2.05) is 12.1 Å². The van der Waals surface area contributed by atoms with Crippen molar-refractivity contribution in [2.24, 2.45) is 4.99 Å². The van der Waals surface area contributed by atoms with Gasteiger partial charge >= 0.3 is 5.97 Å². The summed E-state index contributed by atoms with van der Waals surface area (Å²) in [6, 6.07) is 18.5. The van der Waals surface area contributed by atoms with Crippen LogP contribution in [-0.2, 0) is 16.1 Å². The van der Waals surface area contributed by atoms with Crippen LogP contribution < -0.4 is 15.4 Å². The Balaban J connectivity index is 1.32. The zero-order chi connectivity index (χ0) is 27.2. The molecule has 1 unspecified atom stereocenters. The van der Waals surface area contributed by atoms with Gasteiger partial charge < -0.3 is 24.6 Å².